The van der Waals surface area contributed by atoms with Crippen molar-refractivity contribution in [3.05, 3.63) is 0 Å². The number of amides is 1. The van der Waals surface area contributed by atoms with Crippen LogP contribution in [0.15, 0.2) is 0 Å². The lowest BCUT2D eigenvalue weighted by Gasteiger charge is -2.14. The lowest BCUT2D eigenvalue weighted by atomic mass is 9.96. The van der Waals surface area contributed by atoms with Crippen LogP contribution in [0.1, 0.15) is 71.6 Å². The molecular weight excluding hydrogens is 242 g/mol. The molecule has 1 atom stereocenters. The SMILES string of the molecule is CCCCCCC(=O)NCCC(CC)CCC(=O)O. The first-order chi connectivity index (χ1) is 9.10. The second-order valence-corrected chi connectivity index (χ2v) is 5.16. The summed E-state index contributed by atoms with van der Waals surface area (Å²) < 4.78 is 0. The molecule has 0 rings (SSSR count). The van der Waals surface area contributed by atoms with E-state index in [1.165, 1.54) is 12.8 Å². The van der Waals surface area contributed by atoms with Crippen molar-refractivity contribution in [2.45, 2.75) is 71.6 Å². The van der Waals surface area contributed by atoms with Crippen LogP contribution >= 0.6 is 0 Å². The summed E-state index contributed by atoms with van der Waals surface area (Å²) >= 11 is 0. The average Bonchev–Trinajstić information content (AvgIpc) is 2.38. The molecule has 0 radical (unpaired) electrons. The molecule has 112 valence electrons. The Morgan fingerprint density at radius 1 is 1.05 bits per heavy atom. The van der Waals surface area contributed by atoms with Gasteiger partial charge >= 0.3 is 5.97 Å². The Balaban J connectivity index is 3.57. The van der Waals surface area contributed by atoms with Crippen molar-refractivity contribution in [1.29, 1.82) is 0 Å². The van der Waals surface area contributed by atoms with Crippen molar-refractivity contribution in [1.82, 2.24) is 5.32 Å². The number of nitrogens with one attached hydrogen (secondary N) is 1. The molecule has 0 spiro atoms. The molecule has 4 heteroatoms. The normalized spacial score (nSPS) is 12.1. The third kappa shape index (κ3) is 11.7. The van der Waals surface area contributed by atoms with Crippen LogP contribution in [0.3, 0.4) is 0 Å². The third-order valence-corrected chi connectivity index (χ3v) is 3.48. The first kappa shape index (κ1) is 17.9. The number of unbranched alkanes of at least 4 members (excludes halogenated alkanes) is 3. The van der Waals surface area contributed by atoms with Gasteiger partial charge in [-0.25, -0.2) is 0 Å². The minimum Gasteiger partial charge on any atom is -0.481 e. The van der Waals surface area contributed by atoms with Gasteiger partial charge in [0, 0.05) is 19.4 Å². The van der Waals surface area contributed by atoms with E-state index < -0.39 is 5.97 Å². The molecule has 19 heavy (non-hydrogen) atoms. The van der Waals surface area contributed by atoms with Crippen LogP contribution in [0.5, 0.6) is 0 Å². The summed E-state index contributed by atoms with van der Waals surface area (Å²) in [4.78, 5) is 22.0. The van der Waals surface area contributed by atoms with E-state index in [1.54, 1.807) is 0 Å². The summed E-state index contributed by atoms with van der Waals surface area (Å²) in [5, 5.41) is 11.6. The standard InChI is InChI=1S/C15H29NO3/c1-3-5-6-7-8-14(17)16-12-11-13(4-2)9-10-15(18)19/h13H,3-12H2,1-2H3,(H,16,17)(H,18,19). The fourth-order valence-electron chi connectivity index (χ4n) is 2.10. The summed E-state index contributed by atoms with van der Waals surface area (Å²) in [7, 11) is 0. The van der Waals surface area contributed by atoms with Crippen molar-refractivity contribution in [3.63, 3.8) is 0 Å². The second-order valence-electron chi connectivity index (χ2n) is 5.16. The fraction of sp³-hybridized carbons (Fsp3) is 0.867. The maximum Gasteiger partial charge on any atom is 0.303 e. The van der Waals surface area contributed by atoms with E-state index in [2.05, 4.69) is 19.2 Å². The first-order valence-corrected chi connectivity index (χ1v) is 7.58. The van der Waals surface area contributed by atoms with Gasteiger partial charge in [-0.15, -0.1) is 0 Å². The minimum atomic E-state index is -0.738. The molecule has 0 aliphatic carbocycles. The van der Waals surface area contributed by atoms with Crippen LogP contribution in [-0.2, 0) is 9.59 Å². The van der Waals surface area contributed by atoms with Gasteiger partial charge in [-0.1, -0.05) is 39.5 Å². The van der Waals surface area contributed by atoms with E-state index in [9.17, 15) is 9.59 Å². The molecule has 1 amide bonds. The Morgan fingerprint density at radius 3 is 2.37 bits per heavy atom. The Labute approximate surface area is 117 Å². The fourth-order valence-corrected chi connectivity index (χ4v) is 2.10. The van der Waals surface area contributed by atoms with Crippen LogP contribution < -0.4 is 5.32 Å². The van der Waals surface area contributed by atoms with Gasteiger partial charge in [0.2, 0.25) is 5.91 Å². The summed E-state index contributed by atoms with van der Waals surface area (Å²) in [6, 6.07) is 0. The van der Waals surface area contributed by atoms with E-state index in [-0.39, 0.29) is 12.3 Å². The number of carbonyl (C=O) groups is 2. The zero-order chi connectivity index (χ0) is 14.5. The van der Waals surface area contributed by atoms with E-state index in [1.807, 2.05) is 0 Å². The largest absolute Gasteiger partial charge is 0.481 e. The highest BCUT2D eigenvalue weighted by Crippen LogP contribution is 2.14. The summed E-state index contributed by atoms with van der Waals surface area (Å²) in [6.45, 7) is 4.89. The molecule has 0 aliphatic rings. The van der Waals surface area contributed by atoms with Crippen LogP contribution in [-0.4, -0.2) is 23.5 Å². The van der Waals surface area contributed by atoms with Gasteiger partial charge in [-0.05, 0) is 25.2 Å². The predicted molar refractivity (Wildman–Crippen MR) is 77.0 cm³/mol. The quantitative estimate of drug-likeness (QED) is 0.535. The molecule has 0 bridgehead atoms. The van der Waals surface area contributed by atoms with Gasteiger partial charge in [-0.2, -0.15) is 0 Å². The molecule has 4 nitrogen and oxygen atoms in total. The Hall–Kier alpha value is -1.06. The Kier molecular flexibility index (Phi) is 11.3. The number of hydrogen-bond donors (Lipinski definition) is 2. The third-order valence-electron chi connectivity index (χ3n) is 3.48. The number of hydrogen-bond acceptors (Lipinski definition) is 2. The lowest BCUT2D eigenvalue weighted by molar-refractivity contribution is -0.137. The molecule has 2 N–H and O–H groups in total. The highest BCUT2D eigenvalue weighted by atomic mass is 16.4. The number of carbonyl (C=O) groups excluding carboxylic acids is 1. The monoisotopic (exact) mass is 271 g/mol. The molecule has 0 fully saturated rings. The van der Waals surface area contributed by atoms with Gasteiger partial charge in [0.1, 0.15) is 0 Å². The van der Waals surface area contributed by atoms with Gasteiger partial charge in [0.25, 0.3) is 0 Å². The smallest absolute Gasteiger partial charge is 0.303 e. The first-order valence-electron chi connectivity index (χ1n) is 7.58. The summed E-state index contributed by atoms with van der Waals surface area (Å²) in [5.74, 6) is -0.209. The number of carboxylic acid groups (broad SMARTS) is 1. The maximum absolute atomic E-state index is 11.5. The molecule has 0 aliphatic heterocycles. The van der Waals surface area contributed by atoms with Gasteiger partial charge < -0.3 is 10.4 Å². The van der Waals surface area contributed by atoms with Gasteiger partial charge in [-0.3, -0.25) is 9.59 Å². The number of aliphatic carboxylic acids is 1. The molecule has 1 unspecified atom stereocenters. The molecule has 0 saturated heterocycles. The zero-order valence-corrected chi connectivity index (χ0v) is 12.4. The summed E-state index contributed by atoms with van der Waals surface area (Å²) in [6.07, 6.45) is 7.87. The topological polar surface area (TPSA) is 66.4 Å². The molecule has 0 heterocycles. The maximum atomic E-state index is 11.5. The van der Waals surface area contributed by atoms with Crippen molar-refractivity contribution in [3.8, 4) is 0 Å². The molecule has 0 aromatic carbocycles. The van der Waals surface area contributed by atoms with Crippen LogP contribution in [0.2, 0.25) is 0 Å². The Bertz CT molecular complexity index is 254. The van der Waals surface area contributed by atoms with E-state index in [4.69, 9.17) is 5.11 Å². The average molecular weight is 271 g/mol. The minimum absolute atomic E-state index is 0.129. The molecule has 0 aromatic rings. The van der Waals surface area contributed by atoms with Crippen molar-refractivity contribution in [2.75, 3.05) is 6.54 Å². The molecule has 0 saturated carbocycles. The lowest BCUT2D eigenvalue weighted by Crippen LogP contribution is -2.25. The van der Waals surface area contributed by atoms with Crippen molar-refractivity contribution < 1.29 is 14.7 Å². The zero-order valence-electron chi connectivity index (χ0n) is 12.4. The van der Waals surface area contributed by atoms with Crippen molar-refractivity contribution >= 4 is 11.9 Å². The highest BCUT2D eigenvalue weighted by molar-refractivity contribution is 5.75. The second kappa shape index (κ2) is 12.0. The van der Waals surface area contributed by atoms with Crippen molar-refractivity contribution in [2.24, 2.45) is 5.92 Å². The van der Waals surface area contributed by atoms with E-state index in [0.717, 1.165) is 25.7 Å². The van der Waals surface area contributed by atoms with E-state index in [0.29, 0.717) is 25.3 Å². The van der Waals surface area contributed by atoms with Crippen LogP contribution in [0.25, 0.3) is 0 Å². The predicted octanol–water partition coefficient (Wildman–Crippen LogP) is 3.35. The van der Waals surface area contributed by atoms with Gasteiger partial charge in [0.15, 0.2) is 0 Å². The summed E-state index contributed by atoms with van der Waals surface area (Å²) in [5.41, 5.74) is 0. The molecular formula is C15H29NO3. The van der Waals surface area contributed by atoms with Crippen LogP contribution in [0.4, 0.5) is 0 Å². The Morgan fingerprint density at radius 2 is 1.79 bits per heavy atom. The number of rotatable bonds is 12. The van der Waals surface area contributed by atoms with Crippen LogP contribution in [0, 0.1) is 5.92 Å². The molecule has 0 aromatic heterocycles. The van der Waals surface area contributed by atoms with Gasteiger partial charge in [0.05, 0.1) is 0 Å². The highest BCUT2D eigenvalue weighted by Gasteiger charge is 2.09. The number of carboxylic acids is 1. The van der Waals surface area contributed by atoms with E-state index >= 15 is 0 Å².